The predicted molar refractivity (Wildman–Crippen MR) is 84.7 cm³/mol. The first kappa shape index (κ1) is 17.1. The number of nitrogens with two attached hydrogens (primary N) is 1. The minimum atomic E-state index is -3.66. The number of ether oxygens (including phenoxy) is 2. The van der Waals surface area contributed by atoms with E-state index in [2.05, 4.69) is 0 Å². The third-order valence-electron chi connectivity index (χ3n) is 4.27. The third kappa shape index (κ3) is 3.06. The fraction of sp³-hybridized carbons (Fsp3) is 0.600. The number of methoxy groups -OCH3 is 2. The van der Waals surface area contributed by atoms with Crippen LogP contribution < -0.4 is 15.2 Å². The van der Waals surface area contributed by atoms with Gasteiger partial charge in [0.05, 0.1) is 14.2 Å². The van der Waals surface area contributed by atoms with Crippen LogP contribution in [0.15, 0.2) is 23.1 Å². The molecule has 0 saturated carbocycles. The summed E-state index contributed by atoms with van der Waals surface area (Å²) in [6, 6.07) is 4.77. The van der Waals surface area contributed by atoms with Crippen molar-refractivity contribution in [1.29, 1.82) is 0 Å². The summed E-state index contributed by atoms with van der Waals surface area (Å²) in [6.07, 6.45) is 0.637. The second kappa shape index (κ2) is 6.06. The molecule has 0 aliphatic carbocycles. The maximum Gasteiger partial charge on any atom is 0.246 e. The smallest absolute Gasteiger partial charge is 0.246 e. The van der Waals surface area contributed by atoms with Crippen molar-refractivity contribution in [3.05, 3.63) is 18.2 Å². The van der Waals surface area contributed by atoms with Crippen molar-refractivity contribution in [1.82, 2.24) is 4.31 Å². The Bertz CT molecular complexity index is 643. The number of rotatable bonds is 4. The predicted octanol–water partition coefficient (Wildman–Crippen LogP) is 1.45. The van der Waals surface area contributed by atoms with Crippen LogP contribution in [0.2, 0.25) is 0 Å². The molecule has 1 aromatic rings. The zero-order chi connectivity index (χ0) is 16.5. The summed E-state index contributed by atoms with van der Waals surface area (Å²) in [7, 11) is -0.703. The Hall–Kier alpha value is -1.31. The molecule has 0 radical (unpaired) electrons. The highest BCUT2D eigenvalue weighted by atomic mass is 32.2. The second-order valence-corrected chi connectivity index (χ2v) is 8.15. The van der Waals surface area contributed by atoms with Crippen LogP contribution >= 0.6 is 0 Å². The number of sulfonamides is 1. The maximum absolute atomic E-state index is 13.0. The van der Waals surface area contributed by atoms with E-state index in [1.807, 2.05) is 13.8 Å². The van der Waals surface area contributed by atoms with E-state index in [1.165, 1.54) is 24.6 Å². The summed E-state index contributed by atoms with van der Waals surface area (Å²) in [4.78, 5) is 0.126. The zero-order valence-electron chi connectivity index (χ0n) is 13.5. The molecule has 1 unspecified atom stereocenters. The van der Waals surface area contributed by atoms with Crippen LogP contribution in [-0.2, 0) is 10.0 Å². The maximum atomic E-state index is 13.0. The molecule has 0 spiro atoms. The van der Waals surface area contributed by atoms with Gasteiger partial charge in [-0.2, -0.15) is 4.31 Å². The molecule has 0 amide bonds. The Balaban J connectivity index is 2.42. The first-order valence-corrected chi connectivity index (χ1v) is 8.64. The molecule has 0 aromatic heterocycles. The molecule has 7 heteroatoms. The van der Waals surface area contributed by atoms with E-state index in [0.29, 0.717) is 31.0 Å². The highest BCUT2D eigenvalue weighted by molar-refractivity contribution is 7.89. The van der Waals surface area contributed by atoms with Crippen LogP contribution in [0.4, 0.5) is 0 Å². The fourth-order valence-corrected chi connectivity index (χ4v) is 4.45. The average Bonchev–Trinajstić information content (AvgIpc) is 2.49. The SMILES string of the molecule is COc1ccc(OC)c(S(=O)(=O)N2CCC(N)C(C)(C)C2)c1. The van der Waals surface area contributed by atoms with E-state index in [0.717, 1.165) is 0 Å². The van der Waals surface area contributed by atoms with Gasteiger partial charge in [-0.25, -0.2) is 8.42 Å². The lowest BCUT2D eigenvalue weighted by Crippen LogP contribution is -2.53. The molecule has 1 saturated heterocycles. The Morgan fingerprint density at radius 3 is 2.50 bits per heavy atom. The molecule has 1 fully saturated rings. The first-order valence-electron chi connectivity index (χ1n) is 7.20. The van der Waals surface area contributed by atoms with Gasteiger partial charge in [-0.1, -0.05) is 13.8 Å². The van der Waals surface area contributed by atoms with Gasteiger partial charge in [0.1, 0.15) is 16.4 Å². The van der Waals surface area contributed by atoms with Crippen molar-refractivity contribution in [2.45, 2.75) is 31.2 Å². The quantitative estimate of drug-likeness (QED) is 0.905. The standard InChI is InChI=1S/C15H24N2O4S/c1-15(2)10-17(8-7-14(15)16)22(18,19)13-9-11(20-3)5-6-12(13)21-4/h5-6,9,14H,7-8,10,16H2,1-4H3. The molecular weight excluding hydrogens is 304 g/mol. The van der Waals surface area contributed by atoms with Crippen molar-refractivity contribution in [2.24, 2.45) is 11.1 Å². The van der Waals surface area contributed by atoms with Gasteiger partial charge in [-0.15, -0.1) is 0 Å². The molecule has 1 heterocycles. The first-order chi connectivity index (χ1) is 10.2. The molecule has 1 aliphatic rings. The number of hydrogen-bond acceptors (Lipinski definition) is 5. The summed E-state index contributed by atoms with van der Waals surface area (Å²) < 4.78 is 37.8. The molecule has 1 aromatic carbocycles. The minimum Gasteiger partial charge on any atom is -0.497 e. The van der Waals surface area contributed by atoms with E-state index < -0.39 is 10.0 Å². The molecule has 22 heavy (non-hydrogen) atoms. The minimum absolute atomic E-state index is 0.00819. The Kier molecular flexibility index (Phi) is 4.70. The molecule has 1 atom stereocenters. The molecule has 2 N–H and O–H groups in total. The average molecular weight is 328 g/mol. The highest BCUT2D eigenvalue weighted by Crippen LogP contribution is 2.35. The van der Waals surface area contributed by atoms with Crippen molar-refractivity contribution in [3.63, 3.8) is 0 Å². The van der Waals surface area contributed by atoms with Crippen molar-refractivity contribution < 1.29 is 17.9 Å². The van der Waals surface area contributed by atoms with Gasteiger partial charge in [-0.05, 0) is 24.0 Å². The van der Waals surface area contributed by atoms with Gasteiger partial charge in [0.15, 0.2) is 0 Å². The highest BCUT2D eigenvalue weighted by Gasteiger charge is 2.39. The lowest BCUT2D eigenvalue weighted by molar-refractivity contribution is 0.155. The molecule has 0 bridgehead atoms. The molecule has 124 valence electrons. The molecule has 2 rings (SSSR count). The van der Waals surface area contributed by atoms with Crippen molar-refractivity contribution in [2.75, 3.05) is 27.3 Å². The number of nitrogens with zero attached hydrogens (tertiary/aromatic N) is 1. The lowest BCUT2D eigenvalue weighted by Gasteiger charge is -2.41. The number of benzene rings is 1. The zero-order valence-corrected chi connectivity index (χ0v) is 14.3. The number of piperidine rings is 1. The van der Waals surface area contributed by atoms with Crippen LogP contribution in [0.25, 0.3) is 0 Å². The van der Waals surface area contributed by atoms with Crippen LogP contribution in [0.3, 0.4) is 0 Å². The Morgan fingerprint density at radius 2 is 1.95 bits per heavy atom. The number of hydrogen-bond donors (Lipinski definition) is 1. The van der Waals surface area contributed by atoms with Gasteiger partial charge in [0, 0.05) is 25.2 Å². The van der Waals surface area contributed by atoms with Gasteiger partial charge in [-0.3, -0.25) is 0 Å². The van der Waals surface area contributed by atoms with E-state index in [-0.39, 0.29) is 16.4 Å². The van der Waals surface area contributed by atoms with Crippen LogP contribution in [0, 0.1) is 5.41 Å². The van der Waals surface area contributed by atoms with Gasteiger partial charge >= 0.3 is 0 Å². The Morgan fingerprint density at radius 1 is 1.27 bits per heavy atom. The van der Waals surface area contributed by atoms with Gasteiger partial charge in [0.25, 0.3) is 0 Å². The van der Waals surface area contributed by atoms with E-state index in [4.69, 9.17) is 15.2 Å². The van der Waals surface area contributed by atoms with Crippen LogP contribution in [-0.4, -0.2) is 46.1 Å². The van der Waals surface area contributed by atoms with Gasteiger partial charge in [0.2, 0.25) is 10.0 Å². The van der Waals surface area contributed by atoms with Gasteiger partial charge < -0.3 is 15.2 Å². The van der Waals surface area contributed by atoms with Crippen molar-refractivity contribution >= 4 is 10.0 Å². The molecule has 6 nitrogen and oxygen atoms in total. The topological polar surface area (TPSA) is 81.9 Å². The normalized spacial score (nSPS) is 22.3. The summed E-state index contributed by atoms with van der Waals surface area (Å²) >= 11 is 0. The second-order valence-electron chi connectivity index (χ2n) is 6.24. The van der Waals surface area contributed by atoms with E-state index in [9.17, 15) is 8.42 Å². The van der Waals surface area contributed by atoms with E-state index >= 15 is 0 Å². The fourth-order valence-electron chi connectivity index (χ4n) is 2.65. The lowest BCUT2D eigenvalue weighted by atomic mass is 9.81. The van der Waals surface area contributed by atoms with Crippen molar-refractivity contribution in [3.8, 4) is 11.5 Å². The summed E-state index contributed by atoms with van der Waals surface area (Å²) in [5.74, 6) is 0.792. The molecule has 1 aliphatic heterocycles. The molecular formula is C15H24N2O4S. The van der Waals surface area contributed by atoms with Crippen LogP contribution in [0.1, 0.15) is 20.3 Å². The Labute approximate surface area is 132 Å². The summed E-state index contributed by atoms with van der Waals surface area (Å²) in [6.45, 7) is 4.77. The third-order valence-corrected chi connectivity index (χ3v) is 6.13. The summed E-state index contributed by atoms with van der Waals surface area (Å²) in [5, 5.41) is 0. The summed E-state index contributed by atoms with van der Waals surface area (Å²) in [5.41, 5.74) is 5.83. The van der Waals surface area contributed by atoms with Crippen LogP contribution in [0.5, 0.6) is 11.5 Å². The van der Waals surface area contributed by atoms with E-state index in [1.54, 1.807) is 12.1 Å². The largest absolute Gasteiger partial charge is 0.497 e. The monoisotopic (exact) mass is 328 g/mol.